The van der Waals surface area contributed by atoms with Crippen LogP contribution < -0.4 is 5.32 Å². The number of carbonyl (C=O) groups excluding carboxylic acids is 1. The summed E-state index contributed by atoms with van der Waals surface area (Å²) in [4.78, 5) is 22.6. The summed E-state index contributed by atoms with van der Waals surface area (Å²) >= 11 is 5.69. The maximum atomic E-state index is 11.7. The zero-order valence-corrected chi connectivity index (χ0v) is 11.2. The Balaban J connectivity index is 1.90. The topological polar surface area (TPSA) is 79.5 Å². The van der Waals surface area contributed by atoms with Gasteiger partial charge in [0.1, 0.15) is 0 Å². The second-order valence-electron chi connectivity index (χ2n) is 4.12. The maximum Gasteiger partial charge on any atom is 0.335 e. The Hall–Kier alpha value is -2.27. The Bertz CT molecular complexity index is 636. The van der Waals surface area contributed by atoms with Crippen LogP contribution >= 0.6 is 11.6 Å². The average molecular weight is 294 g/mol. The molecule has 0 aliphatic carbocycles. The minimum absolute atomic E-state index is 0.0513. The van der Waals surface area contributed by atoms with E-state index in [1.807, 2.05) is 6.07 Å². The lowest BCUT2D eigenvalue weighted by Gasteiger charge is -2.05. The second kappa shape index (κ2) is 6.25. The van der Waals surface area contributed by atoms with E-state index in [0.717, 1.165) is 5.56 Å². The monoisotopic (exact) mass is 293 g/mol. The Kier molecular flexibility index (Phi) is 4.42. The first-order chi connectivity index (χ1) is 9.58. The number of hydrogen-bond acceptors (Lipinski definition) is 3. The molecule has 0 aliphatic heterocycles. The summed E-state index contributed by atoms with van der Waals surface area (Å²) in [6, 6.07) is 8.08. The predicted molar refractivity (Wildman–Crippen MR) is 73.2 cm³/mol. The van der Waals surface area contributed by atoms with Gasteiger partial charge in [0.2, 0.25) is 5.22 Å². The van der Waals surface area contributed by atoms with E-state index in [9.17, 15) is 9.59 Å². The third-order valence-electron chi connectivity index (χ3n) is 2.74. The van der Waals surface area contributed by atoms with Crippen molar-refractivity contribution in [1.29, 1.82) is 0 Å². The van der Waals surface area contributed by atoms with E-state index in [-0.39, 0.29) is 22.3 Å². The van der Waals surface area contributed by atoms with Crippen molar-refractivity contribution in [1.82, 2.24) is 5.32 Å². The smallest absolute Gasteiger partial charge is 0.335 e. The molecule has 2 N–H and O–H groups in total. The highest BCUT2D eigenvalue weighted by Gasteiger charge is 2.12. The number of aromatic carboxylic acids is 1. The van der Waals surface area contributed by atoms with Crippen molar-refractivity contribution in [2.45, 2.75) is 6.42 Å². The highest BCUT2D eigenvalue weighted by molar-refractivity contribution is 6.32. The van der Waals surface area contributed by atoms with Crippen molar-refractivity contribution in [3.8, 4) is 0 Å². The number of carbonyl (C=O) groups is 2. The van der Waals surface area contributed by atoms with Crippen LogP contribution in [-0.2, 0) is 6.42 Å². The lowest BCUT2D eigenvalue weighted by molar-refractivity contribution is 0.0696. The number of rotatable bonds is 5. The first-order valence-electron chi connectivity index (χ1n) is 5.91. The summed E-state index contributed by atoms with van der Waals surface area (Å²) in [6.07, 6.45) is 1.87. The number of amides is 1. The Labute approximate surface area is 120 Å². The van der Waals surface area contributed by atoms with Crippen molar-refractivity contribution in [2.75, 3.05) is 6.54 Å². The van der Waals surface area contributed by atoms with Crippen LogP contribution in [0.1, 0.15) is 26.3 Å². The second-order valence-corrected chi connectivity index (χ2v) is 4.46. The summed E-state index contributed by atoms with van der Waals surface area (Å²) in [5, 5.41) is 11.6. The SMILES string of the molecule is O=C(O)c1cccc(CCNC(=O)c2ccoc2Cl)c1. The normalized spacial score (nSPS) is 10.2. The van der Waals surface area contributed by atoms with Crippen molar-refractivity contribution in [3.05, 3.63) is 58.5 Å². The molecule has 0 radical (unpaired) electrons. The van der Waals surface area contributed by atoms with Gasteiger partial charge in [0.25, 0.3) is 5.91 Å². The molecule has 0 spiro atoms. The lowest BCUT2D eigenvalue weighted by Crippen LogP contribution is -2.25. The lowest BCUT2D eigenvalue weighted by atomic mass is 10.1. The van der Waals surface area contributed by atoms with Gasteiger partial charge in [0.05, 0.1) is 17.4 Å². The van der Waals surface area contributed by atoms with Gasteiger partial charge < -0.3 is 14.8 Å². The maximum absolute atomic E-state index is 11.7. The fourth-order valence-electron chi connectivity index (χ4n) is 1.73. The van der Waals surface area contributed by atoms with E-state index in [4.69, 9.17) is 21.1 Å². The number of benzene rings is 1. The molecule has 0 fully saturated rings. The molecule has 1 aromatic carbocycles. The van der Waals surface area contributed by atoms with Crippen LogP contribution in [0.5, 0.6) is 0 Å². The van der Waals surface area contributed by atoms with Gasteiger partial charge in [0.15, 0.2) is 0 Å². The fraction of sp³-hybridized carbons (Fsp3) is 0.143. The largest absolute Gasteiger partial charge is 0.478 e. The van der Waals surface area contributed by atoms with Gasteiger partial charge >= 0.3 is 5.97 Å². The average Bonchev–Trinajstić information content (AvgIpc) is 2.85. The first kappa shape index (κ1) is 14.1. The molecular weight excluding hydrogens is 282 g/mol. The van der Waals surface area contributed by atoms with Crippen LogP contribution in [0.3, 0.4) is 0 Å². The van der Waals surface area contributed by atoms with Crippen LogP contribution in [0.4, 0.5) is 0 Å². The molecule has 1 aromatic heterocycles. The molecule has 0 atom stereocenters. The van der Waals surface area contributed by atoms with Gasteiger partial charge in [-0.25, -0.2) is 4.79 Å². The third kappa shape index (κ3) is 3.39. The van der Waals surface area contributed by atoms with E-state index >= 15 is 0 Å². The van der Waals surface area contributed by atoms with Crippen LogP contribution in [0.2, 0.25) is 5.22 Å². The standard InChI is InChI=1S/C14H12ClNO4/c15-12-11(5-7-20-12)13(17)16-6-4-9-2-1-3-10(8-9)14(18)19/h1-3,5,7-8H,4,6H2,(H,16,17)(H,18,19). The minimum Gasteiger partial charge on any atom is -0.478 e. The van der Waals surface area contributed by atoms with Crippen molar-refractivity contribution in [3.63, 3.8) is 0 Å². The molecule has 1 amide bonds. The number of carboxylic acids is 1. The van der Waals surface area contributed by atoms with E-state index in [1.165, 1.54) is 18.4 Å². The van der Waals surface area contributed by atoms with Crippen LogP contribution in [0, 0.1) is 0 Å². The highest BCUT2D eigenvalue weighted by Crippen LogP contribution is 2.16. The molecule has 2 aromatic rings. The summed E-state index contributed by atoms with van der Waals surface area (Å²) in [6.45, 7) is 0.378. The summed E-state index contributed by atoms with van der Waals surface area (Å²) in [7, 11) is 0. The Morgan fingerprint density at radius 3 is 2.75 bits per heavy atom. The van der Waals surface area contributed by atoms with Crippen molar-refractivity contribution >= 4 is 23.5 Å². The van der Waals surface area contributed by atoms with Crippen molar-refractivity contribution < 1.29 is 19.1 Å². The van der Waals surface area contributed by atoms with E-state index < -0.39 is 5.97 Å². The number of carboxylic acid groups (broad SMARTS) is 1. The number of furan rings is 1. The molecule has 0 unspecified atom stereocenters. The zero-order chi connectivity index (χ0) is 14.5. The molecule has 0 bridgehead atoms. The zero-order valence-electron chi connectivity index (χ0n) is 10.4. The van der Waals surface area contributed by atoms with Crippen molar-refractivity contribution in [2.24, 2.45) is 0 Å². The quantitative estimate of drug-likeness (QED) is 0.888. The highest BCUT2D eigenvalue weighted by atomic mass is 35.5. The molecule has 0 aliphatic rings. The molecule has 0 saturated heterocycles. The Morgan fingerprint density at radius 2 is 2.10 bits per heavy atom. The van der Waals surface area contributed by atoms with Gasteiger partial charge in [-0.15, -0.1) is 0 Å². The molecule has 2 rings (SSSR count). The van der Waals surface area contributed by atoms with Crippen LogP contribution in [0.25, 0.3) is 0 Å². The minimum atomic E-state index is -0.971. The molecule has 5 nitrogen and oxygen atoms in total. The summed E-state index contributed by atoms with van der Waals surface area (Å²) in [5.74, 6) is -1.29. The predicted octanol–water partition coefficient (Wildman–Crippen LogP) is 2.60. The van der Waals surface area contributed by atoms with Crippen LogP contribution in [0.15, 0.2) is 41.0 Å². The van der Waals surface area contributed by atoms with Crippen LogP contribution in [-0.4, -0.2) is 23.5 Å². The number of hydrogen-bond donors (Lipinski definition) is 2. The molecular formula is C14H12ClNO4. The van der Waals surface area contributed by atoms with E-state index in [1.54, 1.807) is 12.1 Å². The molecule has 1 heterocycles. The van der Waals surface area contributed by atoms with E-state index in [2.05, 4.69) is 5.32 Å². The van der Waals surface area contributed by atoms with Gasteiger partial charge in [-0.1, -0.05) is 12.1 Å². The summed E-state index contributed by atoms with van der Waals surface area (Å²) < 4.78 is 4.83. The number of nitrogens with one attached hydrogen (secondary N) is 1. The third-order valence-corrected chi connectivity index (χ3v) is 3.03. The molecule has 20 heavy (non-hydrogen) atoms. The summed E-state index contributed by atoms with van der Waals surface area (Å²) in [5.41, 5.74) is 1.35. The first-order valence-corrected chi connectivity index (χ1v) is 6.29. The molecule has 0 saturated carbocycles. The van der Waals surface area contributed by atoms with Gasteiger partial charge in [-0.05, 0) is 41.8 Å². The molecule has 104 valence electrons. The fourth-order valence-corrected chi connectivity index (χ4v) is 1.93. The Morgan fingerprint density at radius 1 is 1.30 bits per heavy atom. The number of halogens is 1. The van der Waals surface area contributed by atoms with Gasteiger partial charge in [0, 0.05) is 6.54 Å². The van der Waals surface area contributed by atoms with E-state index in [0.29, 0.717) is 13.0 Å². The molecule has 6 heteroatoms. The van der Waals surface area contributed by atoms with Gasteiger partial charge in [-0.2, -0.15) is 0 Å². The van der Waals surface area contributed by atoms with Gasteiger partial charge in [-0.3, -0.25) is 4.79 Å².